The molecule has 0 aliphatic carbocycles. The van der Waals surface area contributed by atoms with Crippen molar-refractivity contribution in [2.45, 2.75) is 4.90 Å². The Labute approximate surface area is 190 Å². The van der Waals surface area contributed by atoms with Crippen LogP contribution in [-0.4, -0.2) is 21.4 Å². The van der Waals surface area contributed by atoms with Crippen LogP contribution in [0.2, 0.25) is 0 Å². The second-order valence-electron chi connectivity index (χ2n) is 7.48. The zero-order valence-corrected chi connectivity index (χ0v) is 18.5. The highest BCUT2D eigenvalue weighted by Gasteiger charge is 2.23. The minimum Gasteiger partial charge on any atom is -0.456 e. The summed E-state index contributed by atoms with van der Waals surface area (Å²) < 4.78 is 38.7. The van der Waals surface area contributed by atoms with Gasteiger partial charge in [0.05, 0.1) is 16.1 Å². The average Bonchev–Trinajstić information content (AvgIpc) is 3.22. The van der Waals surface area contributed by atoms with Gasteiger partial charge in [0, 0.05) is 17.8 Å². The Morgan fingerprint density at radius 2 is 1.52 bits per heavy atom. The smallest absolute Gasteiger partial charge is 0.343 e. The number of esters is 1. The number of furan rings is 1. The molecule has 0 N–H and O–H groups in total. The van der Waals surface area contributed by atoms with Gasteiger partial charge >= 0.3 is 5.97 Å². The van der Waals surface area contributed by atoms with Crippen molar-refractivity contribution in [2.75, 3.05) is 11.4 Å². The molecule has 0 saturated carbocycles. The van der Waals surface area contributed by atoms with Gasteiger partial charge in [-0.15, -0.1) is 0 Å². The molecule has 1 heterocycles. The fraction of sp³-hybridized carbons (Fsp3) is 0.0385. The zero-order valence-electron chi connectivity index (χ0n) is 17.6. The lowest BCUT2D eigenvalue weighted by Gasteiger charge is -2.19. The van der Waals surface area contributed by atoms with E-state index in [1.165, 1.54) is 35.6 Å². The van der Waals surface area contributed by atoms with Crippen molar-refractivity contribution in [2.24, 2.45) is 0 Å². The van der Waals surface area contributed by atoms with E-state index < -0.39 is 16.0 Å². The van der Waals surface area contributed by atoms with Crippen molar-refractivity contribution in [1.29, 1.82) is 0 Å². The average molecular weight is 458 g/mol. The van der Waals surface area contributed by atoms with E-state index in [2.05, 4.69) is 0 Å². The Bertz CT molecular complexity index is 1590. The van der Waals surface area contributed by atoms with Crippen LogP contribution in [0.15, 0.2) is 106 Å². The zero-order chi connectivity index (χ0) is 23.0. The van der Waals surface area contributed by atoms with Gasteiger partial charge in [0.1, 0.15) is 16.9 Å². The standard InChI is InChI=1S/C26H19NO5S/c1-27(19-9-3-2-4-10-19)33(29,30)21-11-7-8-18(16-21)26(28)31-20-14-15-25-23(17-20)22-12-5-6-13-24(22)32-25/h2-17H,1H3. The summed E-state index contributed by atoms with van der Waals surface area (Å²) in [4.78, 5) is 12.8. The Kier molecular flexibility index (Phi) is 5.11. The topological polar surface area (TPSA) is 76.8 Å². The van der Waals surface area contributed by atoms with E-state index >= 15 is 0 Å². The SMILES string of the molecule is CN(c1ccccc1)S(=O)(=O)c1cccc(C(=O)Oc2ccc3oc4ccccc4c3c2)c1. The van der Waals surface area contributed by atoms with Gasteiger partial charge in [-0.1, -0.05) is 42.5 Å². The molecule has 0 unspecified atom stereocenters. The second-order valence-corrected chi connectivity index (χ2v) is 9.45. The first-order valence-electron chi connectivity index (χ1n) is 10.2. The van der Waals surface area contributed by atoms with E-state index in [-0.39, 0.29) is 10.5 Å². The molecular weight excluding hydrogens is 438 g/mol. The molecule has 0 spiro atoms. The van der Waals surface area contributed by atoms with Crippen LogP contribution in [0, 0.1) is 0 Å². The molecule has 5 aromatic rings. The summed E-state index contributed by atoms with van der Waals surface area (Å²) in [5, 5.41) is 1.75. The Balaban J connectivity index is 1.43. The number of nitrogens with zero attached hydrogens (tertiary/aromatic N) is 1. The fourth-order valence-electron chi connectivity index (χ4n) is 3.65. The number of para-hydroxylation sites is 2. The van der Waals surface area contributed by atoms with Crippen LogP contribution in [-0.2, 0) is 10.0 Å². The molecule has 4 aromatic carbocycles. The quantitative estimate of drug-likeness (QED) is 0.252. The molecule has 0 aliphatic rings. The highest BCUT2D eigenvalue weighted by atomic mass is 32.2. The van der Waals surface area contributed by atoms with Crippen LogP contribution in [0.5, 0.6) is 5.75 Å². The Morgan fingerprint density at radius 1 is 0.788 bits per heavy atom. The monoisotopic (exact) mass is 457 g/mol. The number of carbonyl (C=O) groups excluding carboxylic acids is 1. The van der Waals surface area contributed by atoms with Crippen LogP contribution in [0.25, 0.3) is 21.9 Å². The number of hydrogen-bond donors (Lipinski definition) is 0. The summed E-state index contributed by atoms with van der Waals surface area (Å²) in [6.07, 6.45) is 0. The second kappa shape index (κ2) is 8.11. The number of anilines is 1. The van der Waals surface area contributed by atoms with Gasteiger partial charge in [-0.3, -0.25) is 4.31 Å². The molecule has 7 heteroatoms. The molecule has 1 aromatic heterocycles. The van der Waals surface area contributed by atoms with E-state index in [1.807, 2.05) is 30.3 Å². The maximum absolute atomic E-state index is 13.1. The summed E-state index contributed by atoms with van der Waals surface area (Å²) >= 11 is 0. The first kappa shape index (κ1) is 20.8. The number of ether oxygens (including phenoxy) is 1. The molecule has 6 nitrogen and oxygen atoms in total. The van der Waals surface area contributed by atoms with E-state index in [0.29, 0.717) is 17.0 Å². The van der Waals surface area contributed by atoms with Crippen LogP contribution < -0.4 is 9.04 Å². The molecule has 5 rings (SSSR count). The number of fused-ring (bicyclic) bond motifs is 3. The molecule has 164 valence electrons. The summed E-state index contributed by atoms with van der Waals surface area (Å²) in [7, 11) is -2.38. The number of carbonyl (C=O) groups is 1. The molecule has 0 fully saturated rings. The summed E-state index contributed by atoms with van der Waals surface area (Å²) in [5.41, 5.74) is 2.09. The molecule has 0 bridgehead atoms. The van der Waals surface area contributed by atoms with Gasteiger partial charge < -0.3 is 9.15 Å². The van der Waals surface area contributed by atoms with E-state index in [0.717, 1.165) is 16.4 Å². The Morgan fingerprint density at radius 3 is 2.33 bits per heavy atom. The van der Waals surface area contributed by atoms with E-state index in [4.69, 9.17) is 9.15 Å². The van der Waals surface area contributed by atoms with Gasteiger partial charge in [0.15, 0.2) is 0 Å². The maximum Gasteiger partial charge on any atom is 0.343 e. The third-order valence-corrected chi connectivity index (χ3v) is 7.19. The lowest BCUT2D eigenvalue weighted by atomic mass is 10.1. The predicted molar refractivity (Wildman–Crippen MR) is 127 cm³/mol. The Hall–Kier alpha value is -4.10. The molecule has 0 atom stereocenters. The van der Waals surface area contributed by atoms with Crippen molar-refractivity contribution >= 4 is 43.6 Å². The summed E-state index contributed by atoms with van der Waals surface area (Å²) in [5.74, 6) is -0.310. The van der Waals surface area contributed by atoms with Gasteiger partial charge in [0.25, 0.3) is 10.0 Å². The molecule has 0 radical (unpaired) electrons. The fourth-order valence-corrected chi connectivity index (χ4v) is 4.89. The van der Waals surface area contributed by atoms with Crippen molar-refractivity contribution in [1.82, 2.24) is 0 Å². The molecule has 0 aliphatic heterocycles. The largest absolute Gasteiger partial charge is 0.456 e. The van der Waals surface area contributed by atoms with Crippen molar-refractivity contribution in [3.05, 3.63) is 103 Å². The minimum absolute atomic E-state index is 0.000385. The van der Waals surface area contributed by atoms with Crippen LogP contribution in [0.3, 0.4) is 0 Å². The minimum atomic E-state index is -3.85. The third-order valence-electron chi connectivity index (χ3n) is 5.41. The number of benzene rings is 4. The van der Waals surface area contributed by atoms with Gasteiger partial charge in [-0.2, -0.15) is 0 Å². The number of rotatable bonds is 5. The summed E-state index contributed by atoms with van der Waals surface area (Å²) in [6, 6.07) is 27.3. The van der Waals surface area contributed by atoms with Crippen molar-refractivity contribution in [3.63, 3.8) is 0 Å². The summed E-state index contributed by atoms with van der Waals surface area (Å²) in [6.45, 7) is 0. The van der Waals surface area contributed by atoms with Gasteiger partial charge in [-0.05, 0) is 54.6 Å². The lowest BCUT2D eigenvalue weighted by molar-refractivity contribution is 0.0734. The van der Waals surface area contributed by atoms with Crippen LogP contribution in [0.1, 0.15) is 10.4 Å². The first-order chi connectivity index (χ1) is 15.9. The first-order valence-corrected chi connectivity index (χ1v) is 11.6. The lowest BCUT2D eigenvalue weighted by Crippen LogP contribution is -2.26. The highest BCUT2D eigenvalue weighted by molar-refractivity contribution is 7.92. The molecule has 0 saturated heterocycles. The molecule has 0 amide bonds. The van der Waals surface area contributed by atoms with Crippen LogP contribution >= 0.6 is 0 Å². The van der Waals surface area contributed by atoms with Crippen molar-refractivity contribution in [3.8, 4) is 5.75 Å². The normalized spacial score (nSPS) is 11.5. The van der Waals surface area contributed by atoms with Gasteiger partial charge in [-0.25, -0.2) is 13.2 Å². The molecular formula is C26H19NO5S. The van der Waals surface area contributed by atoms with Gasteiger partial charge in [0.2, 0.25) is 0 Å². The van der Waals surface area contributed by atoms with E-state index in [1.54, 1.807) is 42.5 Å². The van der Waals surface area contributed by atoms with Crippen LogP contribution in [0.4, 0.5) is 5.69 Å². The third kappa shape index (κ3) is 3.83. The van der Waals surface area contributed by atoms with Crippen molar-refractivity contribution < 1.29 is 22.4 Å². The number of sulfonamides is 1. The highest BCUT2D eigenvalue weighted by Crippen LogP contribution is 2.31. The van der Waals surface area contributed by atoms with E-state index in [9.17, 15) is 13.2 Å². The molecule has 33 heavy (non-hydrogen) atoms. The maximum atomic E-state index is 13.1. The number of hydrogen-bond acceptors (Lipinski definition) is 5. The predicted octanol–water partition coefficient (Wildman–Crippen LogP) is 5.63.